The van der Waals surface area contributed by atoms with Crippen LogP contribution in [-0.4, -0.2) is 24.0 Å². The monoisotopic (exact) mass is 294 g/mol. The van der Waals surface area contributed by atoms with Crippen LogP contribution in [0.2, 0.25) is 0 Å². The third kappa shape index (κ3) is 4.11. The third-order valence-electron chi connectivity index (χ3n) is 4.57. The van der Waals surface area contributed by atoms with E-state index in [0.29, 0.717) is 6.04 Å². The quantitative estimate of drug-likeness (QED) is 0.883. The predicted octanol–water partition coefficient (Wildman–Crippen LogP) is 4.33. The van der Waals surface area contributed by atoms with Crippen LogP contribution in [0.15, 0.2) is 54.6 Å². The molecule has 2 nitrogen and oxygen atoms in total. The lowest BCUT2D eigenvalue weighted by atomic mass is 10.0. The fraction of sp³-hybridized carbons (Fsp3) is 0.400. The van der Waals surface area contributed by atoms with Crippen molar-refractivity contribution in [3.8, 4) is 0 Å². The van der Waals surface area contributed by atoms with Crippen molar-refractivity contribution >= 4 is 5.69 Å². The van der Waals surface area contributed by atoms with E-state index in [1.54, 1.807) is 0 Å². The van der Waals surface area contributed by atoms with Crippen molar-refractivity contribution in [2.45, 2.75) is 38.8 Å². The van der Waals surface area contributed by atoms with Crippen molar-refractivity contribution in [1.29, 1.82) is 0 Å². The van der Waals surface area contributed by atoms with Crippen molar-refractivity contribution in [3.63, 3.8) is 0 Å². The Kier molecular flexibility index (Phi) is 5.12. The summed E-state index contributed by atoms with van der Waals surface area (Å²) in [5.74, 6) is 0. The SMILES string of the molecule is CCc1ccc(NC2CCN(Cc3ccccc3)CC2)cc1. The summed E-state index contributed by atoms with van der Waals surface area (Å²) >= 11 is 0. The van der Waals surface area contributed by atoms with Gasteiger partial charge in [-0.15, -0.1) is 0 Å². The van der Waals surface area contributed by atoms with Crippen molar-refractivity contribution in [2.24, 2.45) is 0 Å². The van der Waals surface area contributed by atoms with Gasteiger partial charge in [-0.05, 0) is 42.5 Å². The Bertz CT molecular complexity index is 554. The maximum absolute atomic E-state index is 3.69. The predicted molar refractivity (Wildman–Crippen MR) is 94.2 cm³/mol. The zero-order valence-corrected chi connectivity index (χ0v) is 13.5. The molecule has 0 bridgehead atoms. The number of nitrogens with one attached hydrogen (secondary N) is 1. The lowest BCUT2D eigenvalue weighted by molar-refractivity contribution is 0.211. The summed E-state index contributed by atoms with van der Waals surface area (Å²) in [6.07, 6.45) is 3.56. The van der Waals surface area contributed by atoms with E-state index in [0.717, 1.165) is 13.0 Å². The number of nitrogens with zero attached hydrogens (tertiary/aromatic N) is 1. The average Bonchev–Trinajstić information content (AvgIpc) is 2.58. The van der Waals surface area contributed by atoms with Crippen molar-refractivity contribution in [3.05, 3.63) is 65.7 Å². The molecule has 0 spiro atoms. The number of likely N-dealkylation sites (tertiary alicyclic amines) is 1. The highest BCUT2D eigenvalue weighted by molar-refractivity contribution is 5.45. The van der Waals surface area contributed by atoms with Crippen molar-refractivity contribution < 1.29 is 0 Å². The largest absolute Gasteiger partial charge is 0.382 e. The molecule has 0 amide bonds. The van der Waals surface area contributed by atoms with Crippen LogP contribution >= 0.6 is 0 Å². The third-order valence-corrected chi connectivity index (χ3v) is 4.57. The molecule has 22 heavy (non-hydrogen) atoms. The first-order chi connectivity index (χ1) is 10.8. The summed E-state index contributed by atoms with van der Waals surface area (Å²) in [6.45, 7) is 5.64. The second-order valence-corrected chi connectivity index (χ2v) is 6.23. The summed E-state index contributed by atoms with van der Waals surface area (Å²) in [7, 11) is 0. The van der Waals surface area contributed by atoms with Gasteiger partial charge in [-0.25, -0.2) is 0 Å². The Balaban J connectivity index is 1.47. The van der Waals surface area contributed by atoms with Gasteiger partial charge < -0.3 is 5.32 Å². The molecular weight excluding hydrogens is 268 g/mol. The minimum atomic E-state index is 0.611. The summed E-state index contributed by atoms with van der Waals surface area (Å²) in [5.41, 5.74) is 4.09. The van der Waals surface area contributed by atoms with E-state index in [1.807, 2.05) is 0 Å². The van der Waals surface area contributed by atoms with Crippen LogP contribution in [0.1, 0.15) is 30.9 Å². The van der Waals surface area contributed by atoms with Gasteiger partial charge in [0.15, 0.2) is 0 Å². The highest BCUT2D eigenvalue weighted by atomic mass is 15.1. The van der Waals surface area contributed by atoms with E-state index < -0.39 is 0 Å². The molecule has 1 saturated heterocycles. The molecule has 2 heteroatoms. The smallest absolute Gasteiger partial charge is 0.0342 e. The van der Waals surface area contributed by atoms with E-state index >= 15 is 0 Å². The number of rotatable bonds is 5. The second kappa shape index (κ2) is 7.46. The summed E-state index contributed by atoms with van der Waals surface area (Å²) in [5, 5.41) is 3.69. The molecule has 0 aromatic heterocycles. The van der Waals surface area contributed by atoms with Crippen LogP contribution in [0.4, 0.5) is 5.69 Å². The van der Waals surface area contributed by atoms with Gasteiger partial charge in [0.05, 0.1) is 0 Å². The minimum Gasteiger partial charge on any atom is -0.382 e. The summed E-state index contributed by atoms with van der Waals surface area (Å²) in [6, 6.07) is 20.3. The molecule has 0 radical (unpaired) electrons. The number of anilines is 1. The van der Waals surface area contributed by atoms with Gasteiger partial charge in [0, 0.05) is 31.4 Å². The van der Waals surface area contributed by atoms with Gasteiger partial charge >= 0.3 is 0 Å². The highest BCUT2D eigenvalue weighted by Crippen LogP contribution is 2.18. The Morgan fingerprint density at radius 1 is 0.909 bits per heavy atom. The van der Waals surface area contributed by atoms with E-state index in [2.05, 4.69) is 71.7 Å². The number of benzene rings is 2. The standard InChI is InChI=1S/C20H26N2/c1-2-17-8-10-19(11-9-17)21-20-12-14-22(15-13-20)16-18-6-4-3-5-7-18/h3-11,20-21H,2,12-16H2,1H3. The molecule has 1 fully saturated rings. The number of hydrogen-bond acceptors (Lipinski definition) is 2. The molecule has 3 rings (SSSR count). The fourth-order valence-corrected chi connectivity index (χ4v) is 3.15. The molecule has 2 aromatic rings. The Morgan fingerprint density at radius 2 is 1.59 bits per heavy atom. The average molecular weight is 294 g/mol. The molecule has 0 saturated carbocycles. The first-order valence-corrected chi connectivity index (χ1v) is 8.45. The zero-order chi connectivity index (χ0) is 15.2. The first kappa shape index (κ1) is 15.1. The van der Waals surface area contributed by atoms with Crippen LogP contribution in [0, 0.1) is 0 Å². The van der Waals surface area contributed by atoms with Gasteiger partial charge in [-0.3, -0.25) is 4.90 Å². The van der Waals surface area contributed by atoms with E-state index in [1.165, 1.54) is 42.7 Å². The molecule has 1 aliphatic rings. The normalized spacial score (nSPS) is 16.6. The summed E-state index contributed by atoms with van der Waals surface area (Å²) in [4.78, 5) is 2.56. The minimum absolute atomic E-state index is 0.611. The molecule has 1 aliphatic heterocycles. The van der Waals surface area contributed by atoms with E-state index in [-0.39, 0.29) is 0 Å². The van der Waals surface area contributed by atoms with Gasteiger partial charge in [0.2, 0.25) is 0 Å². The topological polar surface area (TPSA) is 15.3 Å². The van der Waals surface area contributed by atoms with Gasteiger partial charge in [0.1, 0.15) is 0 Å². The Morgan fingerprint density at radius 3 is 2.23 bits per heavy atom. The number of aryl methyl sites for hydroxylation is 1. The maximum atomic E-state index is 3.69. The van der Waals surface area contributed by atoms with Crippen LogP contribution in [0.25, 0.3) is 0 Å². The molecular formula is C20H26N2. The number of hydrogen-bond donors (Lipinski definition) is 1. The fourth-order valence-electron chi connectivity index (χ4n) is 3.15. The molecule has 0 aliphatic carbocycles. The van der Waals surface area contributed by atoms with E-state index in [4.69, 9.17) is 0 Å². The molecule has 0 unspecified atom stereocenters. The van der Waals surface area contributed by atoms with Crippen LogP contribution < -0.4 is 5.32 Å². The Labute approximate surface area is 134 Å². The van der Waals surface area contributed by atoms with Crippen LogP contribution in [-0.2, 0) is 13.0 Å². The van der Waals surface area contributed by atoms with Crippen LogP contribution in [0.5, 0.6) is 0 Å². The molecule has 116 valence electrons. The van der Waals surface area contributed by atoms with E-state index in [9.17, 15) is 0 Å². The van der Waals surface area contributed by atoms with Gasteiger partial charge in [-0.1, -0.05) is 49.4 Å². The van der Waals surface area contributed by atoms with Gasteiger partial charge in [-0.2, -0.15) is 0 Å². The number of piperidine rings is 1. The summed E-state index contributed by atoms with van der Waals surface area (Å²) < 4.78 is 0. The van der Waals surface area contributed by atoms with Crippen molar-refractivity contribution in [1.82, 2.24) is 4.90 Å². The highest BCUT2D eigenvalue weighted by Gasteiger charge is 2.18. The maximum Gasteiger partial charge on any atom is 0.0342 e. The Hall–Kier alpha value is -1.80. The molecule has 2 aromatic carbocycles. The zero-order valence-electron chi connectivity index (χ0n) is 13.5. The molecule has 1 N–H and O–H groups in total. The van der Waals surface area contributed by atoms with Crippen molar-refractivity contribution in [2.75, 3.05) is 18.4 Å². The first-order valence-electron chi connectivity index (χ1n) is 8.45. The lowest BCUT2D eigenvalue weighted by Gasteiger charge is -2.33. The molecule has 0 atom stereocenters. The van der Waals surface area contributed by atoms with Crippen LogP contribution in [0.3, 0.4) is 0 Å². The van der Waals surface area contributed by atoms with Gasteiger partial charge in [0.25, 0.3) is 0 Å². The second-order valence-electron chi connectivity index (χ2n) is 6.23. The lowest BCUT2D eigenvalue weighted by Crippen LogP contribution is -2.38. The molecule has 1 heterocycles.